The van der Waals surface area contributed by atoms with Crippen LogP contribution in [0.25, 0.3) is 0 Å². The SMILES string of the molecule is CSP(O)(=S)Oc1cc([N+](=O)[O-])cn1C. The first-order valence-corrected chi connectivity index (χ1v) is 8.25. The van der Waals surface area contributed by atoms with Gasteiger partial charge >= 0.3 is 0 Å². The first kappa shape index (κ1) is 12.5. The zero-order valence-electron chi connectivity index (χ0n) is 7.98. The molecule has 0 aromatic carbocycles. The molecule has 9 heteroatoms. The average Bonchev–Trinajstić information content (AvgIpc) is 2.47. The third-order valence-corrected chi connectivity index (χ3v) is 5.65. The van der Waals surface area contributed by atoms with E-state index in [1.54, 1.807) is 13.3 Å². The molecule has 0 aliphatic carbocycles. The van der Waals surface area contributed by atoms with Gasteiger partial charge in [-0.3, -0.25) is 10.1 Å². The van der Waals surface area contributed by atoms with Crippen LogP contribution in [0.2, 0.25) is 0 Å². The molecule has 0 amide bonds. The molecule has 0 aliphatic heterocycles. The van der Waals surface area contributed by atoms with E-state index in [0.29, 0.717) is 0 Å². The van der Waals surface area contributed by atoms with Crippen LogP contribution in [0.4, 0.5) is 5.69 Å². The molecule has 15 heavy (non-hydrogen) atoms. The quantitative estimate of drug-likeness (QED) is 0.510. The molecule has 0 radical (unpaired) electrons. The molecule has 0 saturated heterocycles. The van der Waals surface area contributed by atoms with Crippen molar-refractivity contribution >= 4 is 34.6 Å². The summed E-state index contributed by atoms with van der Waals surface area (Å²) in [6, 6.07) is 1.23. The van der Waals surface area contributed by atoms with Crippen LogP contribution < -0.4 is 4.52 Å². The molecule has 1 heterocycles. The Hall–Kier alpha value is -0.560. The fourth-order valence-electron chi connectivity index (χ4n) is 0.874. The normalized spacial score (nSPS) is 14.6. The second kappa shape index (κ2) is 4.52. The van der Waals surface area contributed by atoms with Crippen LogP contribution in [0.5, 0.6) is 5.88 Å². The van der Waals surface area contributed by atoms with Gasteiger partial charge in [-0.2, -0.15) is 0 Å². The lowest BCUT2D eigenvalue weighted by Crippen LogP contribution is -1.93. The first-order valence-electron chi connectivity index (χ1n) is 3.74. The first-order chi connectivity index (χ1) is 6.85. The van der Waals surface area contributed by atoms with Crippen molar-refractivity contribution in [2.75, 3.05) is 6.26 Å². The summed E-state index contributed by atoms with van der Waals surface area (Å²) in [5, 5.41) is 10.5. The van der Waals surface area contributed by atoms with E-state index in [4.69, 9.17) is 16.3 Å². The van der Waals surface area contributed by atoms with Gasteiger partial charge in [-0.1, -0.05) is 11.4 Å². The largest absolute Gasteiger partial charge is 0.419 e. The predicted octanol–water partition coefficient (Wildman–Crippen LogP) is 1.89. The second-order valence-corrected chi connectivity index (χ2v) is 8.89. The zero-order chi connectivity index (χ0) is 11.6. The maximum absolute atomic E-state index is 10.5. The number of aryl methyl sites for hydroxylation is 1. The molecule has 1 rings (SSSR count). The van der Waals surface area contributed by atoms with Crippen LogP contribution in [0.3, 0.4) is 0 Å². The lowest BCUT2D eigenvalue weighted by Gasteiger charge is -2.13. The van der Waals surface area contributed by atoms with E-state index in [1.807, 2.05) is 0 Å². The summed E-state index contributed by atoms with van der Waals surface area (Å²) < 4.78 is 6.52. The van der Waals surface area contributed by atoms with Crippen LogP contribution in [-0.2, 0) is 18.9 Å². The zero-order valence-corrected chi connectivity index (χ0v) is 10.5. The molecule has 1 aromatic rings. The monoisotopic (exact) mass is 268 g/mol. The minimum absolute atomic E-state index is 0.0939. The summed E-state index contributed by atoms with van der Waals surface area (Å²) >= 11 is 5.81. The number of nitrogens with zero attached hydrogens (tertiary/aromatic N) is 2. The van der Waals surface area contributed by atoms with Crippen LogP contribution in [0.15, 0.2) is 12.3 Å². The summed E-state index contributed by atoms with van der Waals surface area (Å²) in [7, 11) is 1.58. The van der Waals surface area contributed by atoms with Gasteiger partial charge in [0.2, 0.25) is 5.88 Å². The Kier molecular flexibility index (Phi) is 3.77. The predicted molar refractivity (Wildman–Crippen MR) is 62.7 cm³/mol. The second-order valence-electron chi connectivity index (χ2n) is 2.65. The van der Waals surface area contributed by atoms with Gasteiger partial charge in [0.25, 0.3) is 11.4 Å². The maximum atomic E-state index is 10.5. The molecule has 1 unspecified atom stereocenters. The molecule has 0 fully saturated rings. The molecule has 1 N–H and O–H groups in total. The van der Waals surface area contributed by atoms with Gasteiger partial charge in [0.15, 0.2) is 0 Å². The standard InChI is InChI=1S/C6H9N2O4PS2/c1-7-4-5(8(9)10)3-6(7)12-13(11,14)15-2/h3-4H,1-2H3,(H,11,14). The third-order valence-electron chi connectivity index (χ3n) is 1.60. The van der Waals surface area contributed by atoms with Crippen molar-refractivity contribution in [1.82, 2.24) is 4.57 Å². The van der Waals surface area contributed by atoms with E-state index in [9.17, 15) is 15.0 Å². The van der Waals surface area contributed by atoms with Gasteiger partial charge in [0.1, 0.15) is 0 Å². The Balaban J connectivity index is 2.96. The molecule has 0 saturated carbocycles. The lowest BCUT2D eigenvalue weighted by atomic mass is 10.5. The van der Waals surface area contributed by atoms with Gasteiger partial charge in [0.05, 0.1) is 17.2 Å². The molecule has 1 atom stereocenters. The Morgan fingerprint density at radius 2 is 2.40 bits per heavy atom. The number of nitro groups is 1. The van der Waals surface area contributed by atoms with Crippen molar-refractivity contribution in [3.8, 4) is 5.88 Å². The summed E-state index contributed by atoms with van der Waals surface area (Å²) in [5.74, 6) is 0.196. The van der Waals surface area contributed by atoms with E-state index >= 15 is 0 Å². The molecule has 0 aliphatic rings. The van der Waals surface area contributed by atoms with Gasteiger partial charge in [0, 0.05) is 7.05 Å². The van der Waals surface area contributed by atoms with Crippen LogP contribution in [-0.4, -0.2) is 20.6 Å². The van der Waals surface area contributed by atoms with E-state index in [1.165, 1.54) is 16.8 Å². The highest BCUT2D eigenvalue weighted by Crippen LogP contribution is 2.54. The highest BCUT2D eigenvalue weighted by Gasteiger charge is 2.19. The fourth-order valence-corrected chi connectivity index (χ4v) is 2.05. The van der Waals surface area contributed by atoms with E-state index in [2.05, 4.69) is 0 Å². The minimum atomic E-state index is -2.93. The highest BCUT2D eigenvalue weighted by molar-refractivity contribution is 8.67. The fraction of sp³-hybridized carbons (Fsp3) is 0.333. The number of hydrogen-bond donors (Lipinski definition) is 1. The van der Waals surface area contributed by atoms with Gasteiger partial charge < -0.3 is 14.0 Å². The average molecular weight is 268 g/mol. The molecule has 1 aromatic heterocycles. The summed E-state index contributed by atoms with van der Waals surface area (Å²) in [4.78, 5) is 19.5. The van der Waals surface area contributed by atoms with E-state index < -0.39 is 10.6 Å². The molecular formula is C6H9N2O4PS2. The van der Waals surface area contributed by atoms with Crippen molar-refractivity contribution in [2.24, 2.45) is 7.05 Å². The smallest absolute Gasteiger partial charge is 0.295 e. The Morgan fingerprint density at radius 3 is 2.80 bits per heavy atom. The van der Waals surface area contributed by atoms with Crippen LogP contribution in [0, 0.1) is 10.1 Å². The van der Waals surface area contributed by atoms with Gasteiger partial charge in [-0.25, -0.2) is 0 Å². The van der Waals surface area contributed by atoms with Crippen molar-refractivity contribution in [1.29, 1.82) is 0 Å². The Bertz CT molecular complexity index is 433. The topological polar surface area (TPSA) is 77.5 Å². The van der Waals surface area contributed by atoms with Crippen molar-refractivity contribution < 1.29 is 14.3 Å². The molecule has 0 bridgehead atoms. The highest BCUT2D eigenvalue weighted by atomic mass is 32.9. The summed E-state index contributed by atoms with van der Waals surface area (Å²) in [5.41, 5.74) is -3.03. The number of rotatable bonds is 4. The lowest BCUT2D eigenvalue weighted by molar-refractivity contribution is -0.384. The third kappa shape index (κ3) is 3.20. The Morgan fingerprint density at radius 1 is 1.80 bits per heavy atom. The molecule has 84 valence electrons. The minimum Gasteiger partial charge on any atom is -0.419 e. The van der Waals surface area contributed by atoms with E-state index in [-0.39, 0.29) is 11.6 Å². The van der Waals surface area contributed by atoms with Crippen molar-refractivity contribution in [3.05, 3.63) is 22.4 Å². The van der Waals surface area contributed by atoms with Crippen LogP contribution >= 0.6 is 17.1 Å². The van der Waals surface area contributed by atoms with E-state index in [0.717, 1.165) is 11.4 Å². The summed E-state index contributed by atoms with van der Waals surface area (Å²) in [6.07, 6.45) is 2.92. The number of aromatic nitrogens is 1. The van der Waals surface area contributed by atoms with Crippen molar-refractivity contribution in [2.45, 2.75) is 0 Å². The van der Waals surface area contributed by atoms with Gasteiger partial charge in [-0.05, 0) is 18.1 Å². The summed E-state index contributed by atoms with van der Waals surface area (Å²) in [6.45, 7) is 0. The molecular weight excluding hydrogens is 259 g/mol. The molecule has 0 spiro atoms. The maximum Gasteiger partial charge on any atom is 0.295 e. The molecule has 6 nitrogen and oxygen atoms in total. The number of hydrogen-bond acceptors (Lipinski definition) is 5. The Labute approximate surface area is 95.3 Å². The van der Waals surface area contributed by atoms with Crippen LogP contribution in [0.1, 0.15) is 0 Å². The van der Waals surface area contributed by atoms with Gasteiger partial charge in [-0.15, -0.1) is 0 Å². The van der Waals surface area contributed by atoms with Crippen molar-refractivity contribution in [3.63, 3.8) is 0 Å².